The van der Waals surface area contributed by atoms with E-state index in [2.05, 4.69) is 20.9 Å². The van der Waals surface area contributed by atoms with Crippen molar-refractivity contribution in [2.24, 2.45) is 0 Å². The topological polar surface area (TPSA) is 65.3 Å². The van der Waals surface area contributed by atoms with E-state index in [1.54, 1.807) is 12.4 Å². The molecule has 0 amide bonds. The van der Waals surface area contributed by atoms with Crippen molar-refractivity contribution in [3.05, 3.63) is 32.5 Å². The fourth-order valence-corrected chi connectivity index (χ4v) is 1.58. The van der Waals surface area contributed by atoms with Gasteiger partial charge in [0.25, 0.3) is 0 Å². The smallest absolute Gasteiger partial charge is 0.208 e. The number of hydrogen-bond donors (Lipinski definition) is 0. The summed E-state index contributed by atoms with van der Waals surface area (Å²) in [4.78, 5) is 13.8. The van der Waals surface area contributed by atoms with E-state index in [9.17, 15) is 10.1 Å². The Bertz CT molecular complexity index is 343. The number of hydrogen-bond acceptors (Lipinski definition) is 4. The maximum Gasteiger partial charge on any atom is 0.208 e. The summed E-state index contributed by atoms with van der Waals surface area (Å²) in [5.41, 5.74) is 0.777. The highest BCUT2D eigenvalue weighted by Crippen LogP contribution is 2.25. The fourth-order valence-electron chi connectivity index (χ4n) is 1.07. The zero-order valence-electron chi connectivity index (χ0n) is 7.57. The van der Waals surface area contributed by atoms with Crippen molar-refractivity contribution in [3.63, 3.8) is 0 Å². The lowest BCUT2D eigenvalue weighted by Crippen LogP contribution is -2.06. The first kappa shape index (κ1) is 10.9. The summed E-state index contributed by atoms with van der Waals surface area (Å²) < 4.78 is 5.78. The molecule has 1 heterocycles. The van der Waals surface area contributed by atoms with Crippen molar-refractivity contribution in [1.29, 1.82) is 0 Å². The van der Waals surface area contributed by atoms with Crippen LogP contribution in [0.15, 0.2) is 16.9 Å². The van der Waals surface area contributed by atoms with Crippen LogP contribution in [0.5, 0.6) is 5.75 Å². The predicted molar refractivity (Wildman–Crippen MR) is 54.1 cm³/mol. The normalized spacial score (nSPS) is 9.86. The Kier molecular flexibility index (Phi) is 3.82. The van der Waals surface area contributed by atoms with Gasteiger partial charge in [0.15, 0.2) is 0 Å². The lowest BCUT2D eigenvalue weighted by atomic mass is 10.2. The highest BCUT2D eigenvalue weighted by atomic mass is 79.9. The summed E-state index contributed by atoms with van der Waals surface area (Å²) in [6.07, 6.45) is 3.47. The number of halogens is 1. The zero-order valence-corrected chi connectivity index (χ0v) is 9.15. The highest BCUT2D eigenvalue weighted by molar-refractivity contribution is 9.10. The second-order valence-electron chi connectivity index (χ2n) is 2.61. The first-order valence-electron chi connectivity index (χ1n) is 3.93. The van der Waals surface area contributed by atoms with Crippen LogP contribution in [0.3, 0.4) is 0 Å². The molecule has 1 aromatic heterocycles. The first-order valence-corrected chi connectivity index (χ1v) is 4.72. The van der Waals surface area contributed by atoms with Gasteiger partial charge in [0.1, 0.15) is 5.75 Å². The standard InChI is InChI=1S/C8H9BrN2O3/c1-14-8-5-10-4-7(9)6(8)2-3-11(12)13/h4-5H,2-3H2,1H3. The largest absolute Gasteiger partial charge is 0.495 e. The molecule has 0 atom stereocenters. The van der Waals surface area contributed by atoms with Gasteiger partial charge in [0.05, 0.1) is 13.3 Å². The van der Waals surface area contributed by atoms with Crippen molar-refractivity contribution >= 4 is 15.9 Å². The van der Waals surface area contributed by atoms with Gasteiger partial charge in [-0.15, -0.1) is 0 Å². The Labute approximate surface area is 89.4 Å². The molecule has 0 saturated carbocycles. The highest BCUT2D eigenvalue weighted by Gasteiger charge is 2.10. The minimum Gasteiger partial charge on any atom is -0.495 e. The zero-order chi connectivity index (χ0) is 10.6. The van der Waals surface area contributed by atoms with Gasteiger partial charge in [0.2, 0.25) is 6.54 Å². The van der Waals surface area contributed by atoms with Gasteiger partial charge in [-0.25, -0.2) is 0 Å². The van der Waals surface area contributed by atoms with Gasteiger partial charge >= 0.3 is 0 Å². The van der Waals surface area contributed by atoms with E-state index in [1.807, 2.05) is 0 Å². The average Bonchev–Trinajstić information content (AvgIpc) is 2.15. The molecule has 1 rings (SSSR count). The van der Waals surface area contributed by atoms with Gasteiger partial charge in [-0.05, 0) is 15.9 Å². The molecule has 0 aromatic carbocycles. The van der Waals surface area contributed by atoms with Crippen LogP contribution in [0.1, 0.15) is 5.56 Å². The predicted octanol–water partition coefficient (Wildman–Crippen LogP) is 1.67. The summed E-state index contributed by atoms with van der Waals surface area (Å²) in [6, 6.07) is 0. The minimum atomic E-state index is -0.355. The van der Waals surface area contributed by atoms with Crippen LogP contribution in [0.2, 0.25) is 0 Å². The second kappa shape index (κ2) is 4.90. The van der Waals surface area contributed by atoms with Crippen molar-refractivity contribution in [2.75, 3.05) is 13.7 Å². The molecule has 0 bridgehead atoms. The number of aromatic nitrogens is 1. The van der Waals surface area contributed by atoms with E-state index in [4.69, 9.17) is 4.74 Å². The van der Waals surface area contributed by atoms with Gasteiger partial charge in [-0.2, -0.15) is 0 Å². The molecule has 76 valence electrons. The van der Waals surface area contributed by atoms with Crippen LogP contribution < -0.4 is 4.74 Å². The second-order valence-corrected chi connectivity index (χ2v) is 3.46. The van der Waals surface area contributed by atoms with E-state index in [-0.39, 0.29) is 11.5 Å². The fraction of sp³-hybridized carbons (Fsp3) is 0.375. The van der Waals surface area contributed by atoms with Crippen LogP contribution in [0.4, 0.5) is 0 Å². The summed E-state index contributed by atoms with van der Waals surface area (Å²) in [5.74, 6) is 0.571. The molecule has 0 saturated heterocycles. The molecule has 1 aromatic rings. The molecule has 6 heteroatoms. The lowest BCUT2D eigenvalue weighted by Gasteiger charge is -2.07. The maximum atomic E-state index is 10.2. The monoisotopic (exact) mass is 260 g/mol. The van der Waals surface area contributed by atoms with Crippen molar-refractivity contribution in [2.45, 2.75) is 6.42 Å². The van der Waals surface area contributed by atoms with Crippen molar-refractivity contribution in [3.8, 4) is 5.75 Å². The number of nitro groups is 1. The van der Waals surface area contributed by atoms with Crippen LogP contribution in [0.25, 0.3) is 0 Å². The molecule has 0 N–H and O–H groups in total. The molecule has 0 fully saturated rings. The quantitative estimate of drug-likeness (QED) is 0.610. The molecule has 0 aliphatic heterocycles. The van der Waals surface area contributed by atoms with Gasteiger partial charge in [-0.1, -0.05) is 0 Å². The average molecular weight is 261 g/mol. The molecule has 0 radical (unpaired) electrons. The van der Waals surface area contributed by atoms with Crippen molar-refractivity contribution < 1.29 is 9.66 Å². The van der Waals surface area contributed by atoms with Crippen LogP contribution >= 0.6 is 15.9 Å². The van der Waals surface area contributed by atoms with E-state index in [0.29, 0.717) is 12.2 Å². The van der Waals surface area contributed by atoms with E-state index in [0.717, 1.165) is 10.0 Å². The summed E-state index contributed by atoms with van der Waals surface area (Å²) in [5, 5.41) is 10.2. The SMILES string of the molecule is COc1cncc(Br)c1CC[N+](=O)[O-]. The number of rotatable bonds is 4. The van der Waals surface area contributed by atoms with E-state index < -0.39 is 0 Å². The Morgan fingerprint density at radius 2 is 2.36 bits per heavy atom. The third kappa shape index (κ3) is 2.66. The Morgan fingerprint density at radius 1 is 1.64 bits per heavy atom. The summed E-state index contributed by atoms with van der Waals surface area (Å²) in [6.45, 7) is -0.112. The Hall–Kier alpha value is -1.17. The lowest BCUT2D eigenvalue weighted by molar-refractivity contribution is -0.479. The molecular weight excluding hydrogens is 252 g/mol. The van der Waals surface area contributed by atoms with Crippen LogP contribution in [-0.4, -0.2) is 23.6 Å². The van der Waals surface area contributed by atoms with Crippen LogP contribution in [0, 0.1) is 10.1 Å². The molecular formula is C8H9BrN2O3. The third-order valence-electron chi connectivity index (χ3n) is 1.73. The molecule has 0 aliphatic rings. The number of methoxy groups -OCH3 is 1. The molecule has 0 unspecified atom stereocenters. The minimum absolute atomic E-state index is 0.112. The molecule has 5 nitrogen and oxygen atoms in total. The number of nitrogens with zero attached hydrogens (tertiary/aromatic N) is 2. The van der Waals surface area contributed by atoms with Crippen molar-refractivity contribution in [1.82, 2.24) is 4.98 Å². The third-order valence-corrected chi connectivity index (χ3v) is 2.41. The van der Waals surface area contributed by atoms with Gasteiger partial charge in [-0.3, -0.25) is 15.1 Å². The Morgan fingerprint density at radius 3 is 2.93 bits per heavy atom. The summed E-state index contributed by atoms with van der Waals surface area (Å²) in [7, 11) is 1.51. The van der Waals surface area contributed by atoms with Crippen LogP contribution in [-0.2, 0) is 6.42 Å². The van der Waals surface area contributed by atoms with E-state index in [1.165, 1.54) is 7.11 Å². The molecule has 0 aliphatic carbocycles. The molecule has 0 spiro atoms. The molecule has 14 heavy (non-hydrogen) atoms. The maximum absolute atomic E-state index is 10.2. The number of pyridine rings is 1. The first-order chi connectivity index (χ1) is 6.65. The van der Waals surface area contributed by atoms with Gasteiger partial charge in [0, 0.05) is 27.6 Å². The summed E-state index contributed by atoms with van der Waals surface area (Å²) >= 11 is 3.27. The Balaban J connectivity index is 2.87. The number of ether oxygens (including phenoxy) is 1. The van der Waals surface area contributed by atoms with Gasteiger partial charge < -0.3 is 4.74 Å². The van der Waals surface area contributed by atoms with E-state index >= 15 is 0 Å².